The summed E-state index contributed by atoms with van der Waals surface area (Å²) in [5.41, 5.74) is 7.66. The average molecular weight is 454 g/mol. The minimum Gasteiger partial charge on any atom is -0.372 e. The second kappa shape index (κ2) is 8.47. The molecule has 0 amide bonds. The topological polar surface area (TPSA) is 37.0 Å². The maximum atomic E-state index is 5.95. The van der Waals surface area contributed by atoms with Crippen molar-refractivity contribution in [3.05, 3.63) is 35.4 Å². The number of nitrogens with one attached hydrogen (secondary N) is 1. The van der Waals surface area contributed by atoms with E-state index >= 15 is 0 Å². The molecule has 0 saturated carbocycles. The molecule has 4 atom stereocenters. The van der Waals surface area contributed by atoms with Crippen molar-refractivity contribution in [2.45, 2.75) is 75.7 Å². The van der Waals surface area contributed by atoms with E-state index in [2.05, 4.69) is 80.9 Å². The standard InChI is InChI=1S/C26H35N3O2S/c1-15-7-21(28-11-17(3)30-18(4)12-28)9-23-25(15)27-26-16(2)8-22(10-24(26)32-23)29-13-19(5)31-20(6)14-29/h7-10,17-20,27H,11-14H2,1-6H3/t17-,18-,19-,20+/m1/s1. The summed E-state index contributed by atoms with van der Waals surface area (Å²) in [5, 5.41) is 3.77. The van der Waals surface area contributed by atoms with Crippen LogP contribution in [-0.2, 0) is 9.47 Å². The highest BCUT2D eigenvalue weighted by molar-refractivity contribution is 7.99. The first kappa shape index (κ1) is 21.9. The lowest BCUT2D eigenvalue weighted by Gasteiger charge is -2.38. The third kappa shape index (κ3) is 4.20. The van der Waals surface area contributed by atoms with E-state index < -0.39 is 0 Å². The van der Waals surface area contributed by atoms with E-state index in [9.17, 15) is 0 Å². The first-order chi connectivity index (χ1) is 15.3. The van der Waals surface area contributed by atoms with Crippen molar-refractivity contribution in [3.8, 4) is 0 Å². The number of fused-ring (bicyclic) bond motifs is 2. The second-order valence-electron chi connectivity index (χ2n) is 9.82. The Labute approximate surface area is 196 Å². The Hall–Kier alpha value is -1.89. The van der Waals surface area contributed by atoms with E-state index in [-0.39, 0.29) is 24.4 Å². The van der Waals surface area contributed by atoms with Crippen LogP contribution in [0.4, 0.5) is 22.7 Å². The summed E-state index contributed by atoms with van der Waals surface area (Å²) in [6.07, 6.45) is 1.02. The molecule has 32 heavy (non-hydrogen) atoms. The number of nitrogens with zero attached hydrogens (tertiary/aromatic N) is 2. The van der Waals surface area contributed by atoms with Gasteiger partial charge in [0.2, 0.25) is 0 Å². The molecular weight excluding hydrogens is 418 g/mol. The summed E-state index contributed by atoms with van der Waals surface area (Å²) in [6, 6.07) is 9.36. The molecule has 0 bridgehead atoms. The smallest absolute Gasteiger partial charge is 0.0726 e. The average Bonchev–Trinajstić information content (AvgIpc) is 2.71. The fourth-order valence-corrected chi connectivity index (χ4v) is 6.56. The number of rotatable bonds is 2. The third-order valence-electron chi connectivity index (χ3n) is 6.61. The van der Waals surface area contributed by atoms with Crippen molar-refractivity contribution in [1.29, 1.82) is 0 Å². The zero-order valence-corrected chi connectivity index (χ0v) is 20.9. The maximum Gasteiger partial charge on any atom is 0.0726 e. The second-order valence-corrected chi connectivity index (χ2v) is 10.9. The number of benzene rings is 2. The van der Waals surface area contributed by atoms with E-state index in [1.165, 1.54) is 43.7 Å². The molecule has 2 saturated heterocycles. The van der Waals surface area contributed by atoms with Gasteiger partial charge in [0.25, 0.3) is 0 Å². The Kier molecular flexibility index (Phi) is 5.81. The van der Waals surface area contributed by atoms with Crippen molar-refractivity contribution in [3.63, 3.8) is 0 Å². The SMILES string of the molecule is Cc1cc(N2C[C@@H](C)O[C@H](C)C2)cc2c1Nc1c(C)cc(N3C[C@@H](C)O[C@@H](C)C3)cc1S2. The first-order valence-electron chi connectivity index (χ1n) is 11.8. The van der Waals surface area contributed by atoms with Gasteiger partial charge in [-0.05, 0) is 76.9 Å². The lowest BCUT2D eigenvalue weighted by molar-refractivity contribution is -0.00549. The summed E-state index contributed by atoms with van der Waals surface area (Å²) >= 11 is 1.89. The highest BCUT2D eigenvalue weighted by atomic mass is 32.2. The molecule has 0 aromatic heterocycles. The van der Waals surface area contributed by atoms with E-state index in [0.717, 1.165) is 26.2 Å². The monoisotopic (exact) mass is 453 g/mol. The Morgan fingerprint density at radius 2 is 1.06 bits per heavy atom. The molecule has 3 heterocycles. The van der Waals surface area contributed by atoms with Crippen LogP contribution in [0.15, 0.2) is 34.1 Å². The van der Waals surface area contributed by atoms with Crippen LogP contribution in [0.2, 0.25) is 0 Å². The Balaban J connectivity index is 1.46. The minimum absolute atomic E-state index is 0.255. The zero-order valence-electron chi connectivity index (χ0n) is 20.1. The number of ether oxygens (including phenoxy) is 2. The van der Waals surface area contributed by atoms with Gasteiger partial charge in [-0.3, -0.25) is 0 Å². The van der Waals surface area contributed by atoms with E-state index in [4.69, 9.17) is 9.47 Å². The molecule has 0 unspecified atom stereocenters. The molecule has 0 spiro atoms. The summed E-state index contributed by atoms with van der Waals surface area (Å²) in [6.45, 7) is 16.8. The van der Waals surface area contributed by atoms with Crippen LogP contribution in [0.25, 0.3) is 0 Å². The van der Waals surface area contributed by atoms with Gasteiger partial charge in [-0.25, -0.2) is 0 Å². The molecule has 6 heteroatoms. The van der Waals surface area contributed by atoms with Crippen molar-refractivity contribution in [2.24, 2.45) is 0 Å². The zero-order chi connectivity index (χ0) is 22.6. The van der Waals surface area contributed by atoms with Gasteiger partial charge in [0, 0.05) is 47.3 Å². The van der Waals surface area contributed by atoms with Crippen molar-refractivity contribution < 1.29 is 9.47 Å². The fourth-order valence-electron chi connectivity index (χ4n) is 5.34. The molecule has 2 aromatic rings. The lowest BCUT2D eigenvalue weighted by atomic mass is 10.1. The number of hydrogen-bond donors (Lipinski definition) is 1. The van der Waals surface area contributed by atoms with Gasteiger partial charge in [0.1, 0.15) is 0 Å². The highest BCUT2D eigenvalue weighted by Crippen LogP contribution is 2.49. The predicted octanol–water partition coefficient (Wildman–Crippen LogP) is 5.74. The minimum atomic E-state index is 0.255. The van der Waals surface area contributed by atoms with E-state index in [1.54, 1.807) is 0 Å². The normalized spacial score (nSPS) is 27.6. The molecule has 1 N–H and O–H groups in total. The van der Waals surface area contributed by atoms with Gasteiger partial charge in [-0.2, -0.15) is 0 Å². The van der Waals surface area contributed by atoms with E-state index in [0.29, 0.717) is 0 Å². The van der Waals surface area contributed by atoms with Crippen LogP contribution in [-0.4, -0.2) is 50.6 Å². The Bertz CT molecular complexity index is 927. The number of morpholine rings is 2. The summed E-state index contributed by atoms with van der Waals surface area (Å²) in [7, 11) is 0. The predicted molar refractivity (Wildman–Crippen MR) is 134 cm³/mol. The molecule has 3 aliphatic rings. The van der Waals surface area contributed by atoms with Gasteiger partial charge < -0.3 is 24.6 Å². The summed E-state index contributed by atoms with van der Waals surface area (Å²) in [5.74, 6) is 0. The molecule has 172 valence electrons. The molecule has 5 rings (SSSR count). The molecule has 2 aromatic carbocycles. The molecule has 0 radical (unpaired) electrons. The van der Waals surface area contributed by atoms with Gasteiger partial charge in [0.15, 0.2) is 0 Å². The first-order valence-corrected chi connectivity index (χ1v) is 12.6. The van der Waals surface area contributed by atoms with Crippen molar-refractivity contribution in [1.82, 2.24) is 0 Å². The van der Waals surface area contributed by atoms with Crippen LogP contribution in [0, 0.1) is 13.8 Å². The molecule has 2 fully saturated rings. The van der Waals surface area contributed by atoms with Crippen LogP contribution >= 0.6 is 11.8 Å². The number of hydrogen-bond acceptors (Lipinski definition) is 6. The van der Waals surface area contributed by atoms with Crippen LogP contribution < -0.4 is 15.1 Å². The third-order valence-corrected chi connectivity index (χ3v) is 7.69. The Morgan fingerprint density at radius 3 is 1.44 bits per heavy atom. The lowest BCUT2D eigenvalue weighted by Crippen LogP contribution is -2.45. The molecule has 3 aliphatic heterocycles. The van der Waals surface area contributed by atoms with Gasteiger partial charge in [-0.15, -0.1) is 0 Å². The van der Waals surface area contributed by atoms with Crippen LogP contribution in [0.5, 0.6) is 0 Å². The molecule has 0 aliphatic carbocycles. The number of aryl methyl sites for hydroxylation is 2. The number of anilines is 4. The fraction of sp³-hybridized carbons (Fsp3) is 0.538. The van der Waals surface area contributed by atoms with Crippen molar-refractivity contribution >= 4 is 34.5 Å². The summed E-state index contributed by atoms with van der Waals surface area (Å²) < 4.78 is 11.9. The highest BCUT2D eigenvalue weighted by Gasteiger charge is 2.27. The van der Waals surface area contributed by atoms with Crippen LogP contribution in [0.3, 0.4) is 0 Å². The van der Waals surface area contributed by atoms with Crippen molar-refractivity contribution in [2.75, 3.05) is 41.3 Å². The molecular formula is C26H35N3O2S. The molecule has 5 nitrogen and oxygen atoms in total. The Morgan fingerprint density at radius 1 is 0.688 bits per heavy atom. The van der Waals surface area contributed by atoms with E-state index in [1.807, 2.05) is 11.8 Å². The maximum absolute atomic E-state index is 5.95. The van der Waals surface area contributed by atoms with Gasteiger partial charge in [-0.1, -0.05) is 11.8 Å². The quantitative estimate of drug-likeness (QED) is 0.533. The van der Waals surface area contributed by atoms with Crippen LogP contribution in [0.1, 0.15) is 38.8 Å². The van der Waals surface area contributed by atoms with Gasteiger partial charge >= 0.3 is 0 Å². The largest absolute Gasteiger partial charge is 0.372 e. The van der Waals surface area contributed by atoms with Gasteiger partial charge in [0.05, 0.1) is 35.8 Å². The summed E-state index contributed by atoms with van der Waals surface area (Å²) in [4.78, 5) is 7.56.